The molecule has 0 aliphatic rings. The predicted octanol–water partition coefficient (Wildman–Crippen LogP) is 3.60. The monoisotopic (exact) mass is 348 g/mol. The number of nitrogens with two attached hydrogens (primary N) is 1. The number of fused-ring (bicyclic) bond motifs is 5. The van der Waals surface area contributed by atoms with Gasteiger partial charge in [0.05, 0.1) is 25.3 Å². The van der Waals surface area contributed by atoms with E-state index < -0.39 is 0 Å². The van der Waals surface area contributed by atoms with E-state index in [-0.39, 0.29) is 0 Å². The fourth-order valence-electron chi connectivity index (χ4n) is 3.42. The van der Waals surface area contributed by atoms with Crippen LogP contribution in [0.4, 0.5) is 11.5 Å². The lowest BCUT2D eigenvalue weighted by molar-refractivity contribution is 0.356. The molecule has 2 heterocycles. The van der Waals surface area contributed by atoms with E-state index in [2.05, 4.69) is 20.9 Å². The van der Waals surface area contributed by atoms with Crippen molar-refractivity contribution in [3.63, 3.8) is 0 Å². The molecular formula is C20H20N4O2. The molecule has 0 bridgehead atoms. The largest absolute Gasteiger partial charge is 0.493 e. The highest BCUT2D eigenvalue weighted by Crippen LogP contribution is 2.40. The van der Waals surface area contributed by atoms with Crippen LogP contribution in [0.5, 0.6) is 11.5 Å². The summed E-state index contributed by atoms with van der Waals surface area (Å²) in [5, 5.41) is 3.84. The van der Waals surface area contributed by atoms with Gasteiger partial charge in [0, 0.05) is 53.6 Å². The van der Waals surface area contributed by atoms with Crippen LogP contribution in [-0.4, -0.2) is 38.3 Å². The number of anilines is 2. The molecule has 6 heteroatoms. The van der Waals surface area contributed by atoms with Crippen LogP contribution in [0.25, 0.3) is 32.6 Å². The topological polar surface area (TPSA) is 73.5 Å². The van der Waals surface area contributed by atoms with E-state index in [4.69, 9.17) is 15.2 Å². The third-order valence-corrected chi connectivity index (χ3v) is 4.64. The predicted molar refractivity (Wildman–Crippen MR) is 106 cm³/mol. The lowest BCUT2D eigenvalue weighted by Gasteiger charge is -2.18. The SMILES string of the molecule is COc1cc2ncc3c(N)nc4cccc(N(C)C)c4c3c2cc1OC. The number of ether oxygens (including phenoxy) is 2. The molecule has 0 aliphatic heterocycles. The van der Waals surface area contributed by atoms with Crippen LogP contribution in [0.2, 0.25) is 0 Å². The summed E-state index contributed by atoms with van der Waals surface area (Å²) in [5.74, 6) is 1.76. The number of hydrogen-bond acceptors (Lipinski definition) is 6. The summed E-state index contributed by atoms with van der Waals surface area (Å²) >= 11 is 0. The molecule has 0 radical (unpaired) electrons. The third kappa shape index (κ3) is 2.26. The molecule has 0 aliphatic carbocycles. The molecule has 6 nitrogen and oxygen atoms in total. The lowest BCUT2D eigenvalue weighted by Crippen LogP contribution is -2.09. The number of hydrogen-bond donors (Lipinski definition) is 1. The van der Waals surface area contributed by atoms with Gasteiger partial charge in [-0.3, -0.25) is 4.98 Å². The van der Waals surface area contributed by atoms with Gasteiger partial charge in [0.15, 0.2) is 11.5 Å². The zero-order chi connectivity index (χ0) is 18.4. The van der Waals surface area contributed by atoms with Crippen molar-refractivity contribution in [2.45, 2.75) is 0 Å². The Morgan fingerprint density at radius 2 is 1.65 bits per heavy atom. The first-order valence-electron chi connectivity index (χ1n) is 8.25. The van der Waals surface area contributed by atoms with Crippen LogP contribution >= 0.6 is 0 Å². The van der Waals surface area contributed by atoms with Gasteiger partial charge in [-0.1, -0.05) is 6.07 Å². The molecule has 0 unspecified atom stereocenters. The van der Waals surface area contributed by atoms with Gasteiger partial charge in [0.25, 0.3) is 0 Å². The second kappa shape index (κ2) is 5.91. The van der Waals surface area contributed by atoms with E-state index in [0.29, 0.717) is 17.3 Å². The molecule has 2 aromatic heterocycles. The number of aromatic nitrogens is 2. The van der Waals surface area contributed by atoms with E-state index in [1.807, 2.05) is 38.4 Å². The number of benzene rings is 2. The van der Waals surface area contributed by atoms with Crippen molar-refractivity contribution in [1.82, 2.24) is 9.97 Å². The van der Waals surface area contributed by atoms with Crippen LogP contribution in [0, 0.1) is 0 Å². The minimum Gasteiger partial charge on any atom is -0.493 e. The van der Waals surface area contributed by atoms with Crippen LogP contribution in [0.1, 0.15) is 0 Å². The van der Waals surface area contributed by atoms with E-state index in [1.165, 1.54) is 0 Å². The molecule has 0 atom stereocenters. The van der Waals surface area contributed by atoms with Gasteiger partial charge in [-0.25, -0.2) is 4.98 Å². The number of pyridine rings is 2. The van der Waals surface area contributed by atoms with Crippen molar-refractivity contribution >= 4 is 44.1 Å². The van der Waals surface area contributed by atoms with Crippen LogP contribution in [0.15, 0.2) is 36.5 Å². The van der Waals surface area contributed by atoms with E-state index >= 15 is 0 Å². The summed E-state index contributed by atoms with van der Waals surface area (Å²) in [5.41, 5.74) is 8.98. The fraction of sp³-hybridized carbons (Fsp3) is 0.200. The maximum absolute atomic E-state index is 6.25. The molecular weight excluding hydrogens is 328 g/mol. The molecule has 2 aromatic carbocycles. The Kier molecular flexibility index (Phi) is 3.68. The van der Waals surface area contributed by atoms with Crippen LogP contribution < -0.4 is 20.1 Å². The zero-order valence-electron chi connectivity index (χ0n) is 15.2. The highest BCUT2D eigenvalue weighted by Gasteiger charge is 2.16. The molecule has 0 fully saturated rings. The van der Waals surface area contributed by atoms with Crippen molar-refractivity contribution in [3.8, 4) is 11.5 Å². The second-order valence-corrected chi connectivity index (χ2v) is 6.33. The Bertz CT molecular complexity index is 1160. The standard InChI is InChI=1S/C20H20N4O2/c1-24(2)15-7-5-6-13-19(15)18-11-8-16(25-3)17(26-4)9-14(11)22-10-12(18)20(21)23-13/h5-10H,1-4H3,(H2,21,23). The maximum atomic E-state index is 6.25. The van der Waals surface area contributed by atoms with Gasteiger partial charge in [0.1, 0.15) is 5.82 Å². The normalized spacial score (nSPS) is 11.2. The maximum Gasteiger partial charge on any atom is 0.162 e. The van der Waals surface area contributed by atoms with Crippen molar-refractivity contribution in [2.24, 2.45) is 0 Å². The first-order chi connectivity index (χ1) is 12.5. The summed E-state index contributed by atoms with van der Waals surface area (Å²) in [7, 11) is 7.28. The summed E-state index contributed by atoms with van der Waals surface area (Å²) in [6.45, 7) is 0. The van der Waals surface area contributed by atoms with Gasteiger partial charge < -0.3 is 20.1 Å². The Morgan fingerprint density at radius 1 is 0.923 bits per heavy atom. The molecule has 4 aromatic rings. The molecule has 0 saturated carbocycles. The quantitative estimate of drug-likeness (QED) is 0.570. The zero-order valence-corrected chi connectivity index (χ0v) is 15.2. The molecule has 4 rings (SSSR count). The van der Waals surface area contributed by atoms with E-state index in [0.717, 1.165) is 38.3 Å². The van der Waals surface area contributed by atoms with Crippen molar-refractivity contribution in [3.05, 3.63) is 36.5 Å². The number of nitrogen functional groups attached to an aromatic ring is 1. The fourth-order valence-corrected chi connectivity index (χ4v) is 3.42. The van der Waals surface area contributed by atoms with Crippen LogP contribution in [0.3, 0.4) is 0 Å². The Hall–Kier alpha value is -3.28. The average Bonchev–Trinajstić information content (AvgIpc) is 2.65. The molecule has 0 saturated heterocycles. The van der Waals surface area contributed by atoms with Crippen molar-refractivity contribution in [2.75, 3.05) is 38.9 Å². The highest BCUT2D eigenvalue weighted by molar-refractivity contribution is 6.24. The smallest absolute Gasteiger partial charge is 0.162 e. The van der Waals surface area contributed by atoms with Crippen molar-refractivity contribution in [1.29, 1.82) is 0 Å². The third-order valence-electron chi connectivity index (χ3n) is 4.64. The Balaban J connectivity index is 2.29. The van der Waals surface area contributed by atoms with E-state index in [1.54, 1.807) is 20.4 Å². The van der Waals surface area contributed by atoms with Gasteiger partial charge in [-0.15, -0.1) is 0 Å². The lowest BCUT2D eigenvalue weighted by atomic mass is 10.0. The Labute approximate surface area is 151 Å². The minimum atomic E-state index is 0.465. The summed E-state index contributed by atoms with van der Waals surface area (Å²) < 4.78 is 10.9. The molecule has 132 valence electrons. The minimum absolute atomic E-state index is 0.465. The van der Waals surface area contributed by atoms with Gasteiger partial charge in [-0.2, -0.15) is 0 Å². The highest BCUT2D eigenvalue weighted by atomic mass is 16.5. The first-order valence-corrected chi connectivity index (χ1v) is 8.25. The molecule has 2 N–H and O–H groups in total. The van der Waals surface area contributed by atoms with E-state index in [9.17, 15) is 0 Å². The second-order valence-electron chi connectivity index (χ2n) is 6.33. The number of nitrogens with zero attached hydrogens (tertiary/aromatic N) is 3. The Morgan fingerprint density at radius 3 is 2.35 bits per heavy atom. The number of methoxy groups -OCH3 is 2. The summed E-state index contributed by atoms with van der Waals surface area (Å²) in [6, 6.07) is 9.88. The molecule has 0 spiro atoms. The molecule has 26 heavy (non-hydrogen) atoms. The molecule has 0 amide bonds. The first kappa shape index (κ1) is 16.2. The van der Waals surface area contributed by atoms with Gasteiger partial charge >= 0.3 is 0 Å². The van der Waals surface area contributed by atoms with Crippen molar-refractivity contribution < 1.29 is 9.47 Å². The average molecular weight is 348 g/mol. The number of rotatable bonds is 3. The van der Waals surface area contributed by atoms with Crippen LogP contribution in [-0.2, 0) is 0 Å². The summed E-state index contributed by atoms with van der Waals surface area (Å²) in [6.07, 6.45) is 1.78. The van der Waals surface area contributed by atoms with Gasteiger partial charge in [-0.05, 0) is 18.2 Å². The van der Waals surface area contributed by atoms with Gasteiger partial charge in [0.2, 0.25) is 0 Å². The summed E-state index contributed by atoms with van der Waals surface area (Å²) in [4.78, 5) is 11.2.